The lowest BCUT2D eigenvalue weighted by molar-refractivity contribution is 0.0966. The normalized spacial score (nSPS) is 15.9. The van der Waals surface area contributed by atoms with Crippen LogP contribution in [0.4, 0.5) is 10.2 Å². The number of fused-ring (bicyclic) bond motifs is 2. The molecular formula is C22H21ClFN5O2. The second kappa shape index (κ2) is 7.62. The lowest BCUT2D eigenvalue weighted by atomic mass is 9.91. The van der Waals surface area contributed by atoms with Gasteiger partial charge in [0.05, 0.1) is 23.1 Å². The van der Waals surface area contributed by atoms with Gasteiger partial charge >= 0.3 is 0 Å². The number of methoxy groups -OCH3 is 1. The quantitative estimate of drug-likeness (QED) is 0.650. The number of aryl methyl sites for hydroxylation is 1. The number of hydrogen-bond acceptors (Lipinski definition) is 6. The van der Waals surface area contributed by atoms with Gasteiger partial charge in [0.2, 0.25) is 0 Å². The van der Waals surface area contributed by atoms with Crippen LogP contribution in [0.1, 0.15) is 21.5 Å². The summed E-state index contributed by atoms with van der Waals surface area (Å²) in [6.07, 6.45) is 1.36. The van der Waals surface area contributed by atoms with Crippen molar-refractivity contribution in [3.63, 3.8) is 0 Å². The van der Waals surface area contributed by atoms with Crippen molar-refractivity contribution in [2.24, 2.45) is 0 Å². The molecular weight excluding hydrogens is 421 g/mol. The van der Waals surface area contributed by atoms with E-state index < -0.39 is 5.82 Å². The van der Waals surface area contributed by atoms with Crippen LogP contribution < -0.4 is 20.3 Å². The maximum Gasteiger partial charge on any atom is 0.252 e. The van der Waals surface area contributed by atoms with E-state index >= 15 is 4.39 Å². The van der Waals surface area contributed by atoms with Crippen LogP contribution in [0.15, 0.2) is 18.5 Å². The summed E-state index contributed by atoms with van der Waals surface area (Å²) in [6.45, 7) is 5.28. The number of anilines is 1. The third kappa shape index (κ3) is 3.01. The number of ether oxygens (including phenoxy) is 1. The summed E-state index contributed by atoms with van der Waals surface area (Å²) in [7, 11) is 1.49. The molecule has 2 aliphatic rings. The van der Waals surface area contributed by atoms with Crippen molar-refractivity contribution in [3.8, 4) is 16.9 Å². The SMILES string of the molecule is COc1c(Cl)c(-c2c(C)ccc3c2C(=O)NC3)c(F)c2ncnc(N3CCNCC3)c12. The number of piperazine rings is 1. The topological polar surface area (TPSA) is 79.4 Å². The number of nitrogens with zero attached hydrogens (tertiary/aromatic N) is 3. The molecule has 0 atom stereocenters. The smallest absolute Gasteiger partial charge is 0.252 e. The van der Waals surface area contributed by atoms with Crippen molar-refractivity contribution in [1.29, 1.82) is 0 Å². The summed E-state index contributed by atoms with van der Waals surface area (Å²) in [5.41, 5.74) is 2.72. The van der Waals surface area contributed by atoms with Gasteiger partial charge in [-0.2, -0.15) is 0 Å². The van der Waals surface area contributed by atoms with E-state index in [1.807, 2.05) is 19.1 Å². The minimum Gasteiger partial charge on any atom is -0.494 e. The van der Waals surface area contributed by atoms with Gasteiger partial charge in [-0.25, -0.2) is 14.4 Å². The fraction of sp³-hybridized carbons (Fsp3) is 0.318. The largest absolute Gasteiger partial charge is 0.494 e. The summed E-state index contributed by atoms with van der Waals surface area (Å²) in [6, 6.07) is 3.74. The van der Waals surface area contributed by atoms with Crippen LogP contribution in [0.2, 0.25) is 5.02 Å². The molecule has 160 valence electrons. The molecule has 1 fully saturated rings. The van der Waals surface area contributed by atoms with Gasteiger partial charge in [0.25, 0.3) is 5.91 Å². The molecule has 31 heavy (non-hydrogen) atoms. The van der Waals surface area contributed by atoms with Crippen molar-refractivity contribution >= 4 is 34.2 Å². The van der Waals surface area contributed by atoms with E-state index in [4.69, 9.17) is 16.3 Å². The van der Waals surface area contributed by atoms with Gasteiger partial charge in [0.1, 0.15) is 17.7 Å². The molecule has 5 rings (SSSR count). The molecule has 2 N–H and O–H groups in total. The Morgan fingerprint density at radius 2 is 1.94 bits per heavy atom. The summed E-state index contributed by atoms with van der Waals surface area (Å²) in [5.74, 6) is 0.0595. The number of rotatable bonds is 3. The first kappa shape index (κ1) is 20.0. The average molecular weight is 442 g/mol. The highest BCUT2D eigenvalue weighted by Crippen LogP contribution is 2.48. The Kier molecular flexibility index (Phi) is 4.91. The molecule has 2 aliphatic heterocycles. The average Bonchev–Trinajstić information content (AvgIpc) is 3.16. The van der Waals surface area contributed by atoms with Crippen molar-refractivity contribution in [1.82, 2.24) is 20.6 Å². The molecule has 0 aliphatic carbocycles. The van der Waals surface area contributed by atoms with Crippen LogP contribution >= 0.6 is 11.6 Å². The molecule has 0 radical (unpaired) electrons. The van der Waals surface area contributed by atoms with E-state index in [0.29, 0.717) is 34.6 Å². The molecule has 1 amide bonds. The number of carbonyl (C=O) groups is 1. The third-order valence-electron chi connectivity index (χ3n) is 5.94. The molecule has 1 saturated heterocycles. The first-order valence-electron chi connectivity index (χ1n) is 10.1. The molecule has 1 aromatic heterocycles. The van der Waals surface area contributed by atoms with Gasteiger partial charge in [-0.1, -0.05) is 23.7 Å². The Hall–Kier alpha value is -2.97. The summed E-state index contributed by atoms with van der Waals surface area (Å²) in [5, 5.41) is 6.64. The van der Waals surface area contributed by atoms with Crippen molar-refractivity contribution in [2.45, 2.75) is 13.5 Å². The Bertz CT molecular complexity index is 1230. The number of nitrogens with one attached hydrogen (secondary N) is 2. The molecule has 7 nitrogen and oxygen atoms in total. The predicted molar refractivity (Wildman–Crippen MR) is 117 cm³/mol. The molecule has 0 bridgehead atoms. The minimum atomic E-state index is -0.587. The zero-order valence-corrected chi connectivity index (χ0v) is 17.9. The number of carbonyl (C=O) groups excluding carboxylic acids is 1. The van der Waals surface area contributed by atoms with Gasteiger partial charge in [-0.15, -0.1) is 0 Å². The Balaban J connectivity index is 1.84. The summed E-state index contributed by atoms with van der Waals surface area (Å²) >= 11 is 6.78. The van der Waals surface area contributed by atoms with Gasteiger partial charge in [0, 0.05) is 43.9 Å². The van der Waals surface area contributed by atoms with Crippen molar-refractivity contribution in [2.75, 3.05) is 38.2 Å². The highest BCUT2D eigenvalue weighted by atomic mass is 35.5. The Morgan fingerprint density at radius 1 is 1.16 bits per heavy atom. The van der Waals surface area contributed by atoms with E-state index in [9.17, 15) is 4.79 Å². The second-order valence-corrected chi connectivity index (χ2v) is 8.05. The monoisotopic (exact) mass is 441 g/mol. The highest BCUT2D eigenvalue weighted by Gasteiger charge is 2.31. The van der Waals surface area contributed by atoms with Gasteiger partial charge in [-0.3, -0.25) is 4.79 Å². The zero-order valence-electron chi connectivity index (χ0n) is 17.2. The van der Waals surface area contributed by atoms with Crippen molar-refractivity contribution < 1.29 is 13.9 Å². The summed E-state index contributed by atoms with van der Waals surface area (Å²) in [4.78, 5) is 23.3. The third-order valence-corrected chi connectivity index (χ3v) is 6.30. The lowest BCUT2D eigenvalue weighted by Gasteiger charge is -2.29. The van der Waals surface area contributed by atoms with E-state index in [2.05, 4.69) is 25.5 Å². The number of benzene rings is 2. The highest BCUT2D eigenvalue weighted by molar-refractivity contribution is 6.37. The number of hydrogen-bond donors (Lipinski definition) is 2. The minimum absolute atomic E-state index is 0.106. The van der Waals surface area contributed by atoms with Crippen LogP contribution in [0.3, 0.4) is 0 Å². The lowest BCUT2D eigenvalue weighted by Crippen LogP contribution is -2.44. The maximum atomic E-state index is 16.1. The van der Waals surface area contributed by atoms with Crippen LogP contribution in [0, 0.1) is 12.7 Å². The molecule has 0 saturated carbocycles. The van der Waals surface area contributed by atoms with Gasteiger partial charge in [0.15, 0.2) is 11.6 Å². The molecule has 9 heteroatoms. The van der Waals surface area contributed by atoms with E-state index in [1.54, 1.807) is 0 Å². The standard InChI is InChI=1S/C22H21ClFN5O2/c1-11-3-4-12-9-26-22(30)14(12)13(11)15-17(23)20(31-2)16-19(18(15)24)27-10-28-21(16)29-7-5-25-6-8-29/h3-4,10,25H,5-9H2,1-2H3,(H,26,30). The number of halogens is 2. The summed E-state index contributed by atoms with van der Waals surface area (Å²) < 4.78 is 21.7. The molecule has 3 heterocycles. The van der Waals surface area contributed by atoms with Crippen LogP contribution in [-0.4, -0.2) is 49.2 Å². The number of amides is 1. The molecule has 2 aromatic carbocycles. The van der Waals surface area contributed by atoms with E-state index in [0.717, 1.165) is 37.3 Å². The Labute approximate surface area is 183 Å². The first-order valence-corrected chi connectivity index (χ1v) is 10.5. The zero-order chi connectivity index (χ0) is 21.7. The van der Waals surface area contributed by atoms with Crippen molar-refractivity contribution in [3.05, 3.63) is 46.0 Å². The maximum absolute atomic E-state index is 16.1. The van der Waals surface area contributed by atoms with Crippen LogP contribution in [-0.2, 0) is 6.54 Å². The van der Waals surface area contributed by atoms with Gasteiger partial charge < -0.3 is 20.3 Å². The molecule has 0 unspecified atom stereocenters. The Morgan fingerprint density at radius 3 is 2.68 bits per heavy atom. The van der Waals surface area contributed by atoms with Crippen LogP contribution in [0.25, 0.3) is 22.0 Å². The first-order chi connectivity index (χ1) is 15.0. The molecule has 0 spiro atoms. The fourth-order valence-corrected chi connectivity index (χ4v) is 4.81. The van der Waals surface area contributed by atoms with Gasteiger partial charge in [-0.05, 0) is 18.1 Å². The second-order valence-electron chi connectivity index (χ2n) is 7.67. The van der Waals surface area contributed by atoms with E-state index in [1.165, 1.54) is 13.4 Å². The van der Waals surface area contributed by atoms with E-state index in [-0.39, 0.29) is 22.0 Å². The predicted octanol–water partition coefficient (Wildman–Crippen LogP) is 3.06. The van der Waals surface area contributed by atoms with Crippen LogP contribution in [0.5, 0.6) is 5.75 Å². The number of aromatic nitrogens is 2. The fourth-order valence-electron chi connectivity index (χ4n) is 4.46. The molecule has 3 aromatic rings.